The maximum absolute atomic E-state index is 14.2. The van der Waals surface area contributed by atoms with E-state index in [1.165, 1.54) is 17.0 Å². The van der Waals surface area contributed by atoms with E-state index < -0.39 is 28.5 Å². The molecule has 0 aliphatic heterocycles. The molecule has 2 amide bonds. The highest BCUT2D eigenvalue weighted by atomic mass is 32.2. The first-order chi connectivity index (χ1) is 21.1. The number of hydrogen-bond donors (Lipinski definition) is 1. The van der Waals surface area contributed by atoms with Gasteiger partial charge in [-0.2, -0.15) is 0 Å². The smallest absolute Gasteiger partial charge is 0.264 e. The molecule has 0 aromatic heterocycles. The van der Waals surface area contributed by atoms with Gasteiger partial charge in [0, 0.05) is 12.6 Å². The van der Waals surface area contributed by atoms with Crippen molar-refractivity contribution in [1.29, 1.82) is 0 Å². The summed E-state index contributed by atoms with van der Waals surface area (Å²) in [7, 11) is -2.59. The molecule has 1 aliphatic rings. The molecule has 236 valence electrons. The molecule has 1 atom stereocenters. The molecule has 1 N–H and O–H groups in total. The molecule has 1 saturated carbocycles. The first-order valence-corrected chi connectivity index (χ1v) is 16.6. The van der Waals surface area contributed by atoms with E-state index in [4.69, 9.17) is 9.47 Å². The number of hydrogen-bond acceptors (Lipinski definition) is 6. The third kappa shape index (κ3) is 8.31. The predicted octanol–water partition coefficient (Wildman–Crippen LogP) is 5.46. The molecule has 0 radical (unpaired) electrons. The zero-order chi connectivity index (χ0) is 31.7. The van der Waals surface area contributed by atoms with Crippen LogP contribution in [0.4, 0.5) is 5.69 Å². The average Bonchev–Trinajstić information content (AvgIpc) is 3.03. The molecule has 3 aromatic rings. The van der Waals surface area contributed by atoms with E-state index in [1.54, 1.807) is 62.6 Å². The van der Waals surface area contributed by atoms with E-state index in [1.807, 2.05) is 26.0 Å². The number of nitrogens with zero attached hydrogens (tertiary/aromatic N) is 2. The van der Waals surface area contributed by atoms with Crippen LogP contribution in [0.25, 0.3) is 0 Å². The number of nitrogens with one attached hydrogen (secondary N) is 1. The summed E-state index contributed by atoms with van der Waals surface area (Å²) in [5.74, 6) is 0.465. The van der Waals surface area contributed by atoms with Gasteiger partial charge in [0.25, 0.3) is 10.0 Å². The Morgan fingerprint density at radius 2 is 1.52 bits per heavy atom. The molecule has 10 heteroatoms. The fourth-order valence-electron chi connectivity index (χ4n) is 5.32. The molecule has 0 saturated heterocycles. The molecule has 9 nitrogen and oxygen atoms in total. The fourth-order valence-corrected chi connectivity index (χ4v) is 6.73. The van der Waals surface area contributed by atoms with E-state index in [9.17, 15) is 18.0 Å². The van der Waals surface area contributed by atoms with Crippen molar-refractivity contribution in [3.63, 3.8) is 0 Å². The zero-order valence-electron chi connectivity index (χ0n) is 26.0. The van der Waals surface area contributed by atoms with E-state index in [2.05, 4.69) is 5.32 Å². The van der Waals surface area contributed by atoms with Crippen LogP contribution in [0.5, 0.6) is 11.5 Å². The van der Waals surface area contributed by atoms with Gasteiger partial charge in [-0.05, 0) is 87.7 Å². The second kappa shape index (κ2) is 15.1. The first kappa shape index (κ1) is 32.9. The lowest BCUT2D eigenvalue weighted by Gasteiger charge is -2.33. The maximum Gasteiger partial charge on any atom is 0.264 e. The zero-order valence-corrected chi connectivity index (χ0v) is 26.8. The molecule has 3 aromatic carbocycles. The first-order valence-electron chi connectivity index (χ1n) is 15.2. The van der Waals surface area contributed by atoms with Crippen LogP contribution in [-0.2, 0) is 26.2 Å². The van der Waals surface area contributed by atoms with Gasteiger partial charge in [-0.25, -0.2) is 8.42 Å². The highest BCUT2D eigenvalue weighted by Gasteiger charge is 2.33. The van der Waals surface area contributed by atoms with E-state index >= 15 is 0 Å². The molecular formula is C34H43N3O6S. The second-order valence-corrected chi connectivity index (χ2v) is 13.0. The molecule has 0 spiro atoms. The minimum atomic E-state index is -4.16. The minimum Gasteiger partial charge on any atom is -0.497 e. The number of rotatable bonds is 13. The normalized spacial score (nSPS) is 14.4. The van der Waals surface area contributed by atoms with Gasteiger partial charge in [-0.1, -0.05) is 49.1 Å². The number of anilines is 1. The van der Waals surface area contributed by atoms with E-state index in [0.717, 1.165) is 47.5 Å². The topological polar surface area (TPSA) is 105 Å². The van der Waals surface area contributed by atoms with Crippen molar-refractivity contribution in [3.05, 3.63) is 83.9 Å². The highest BCUT2D eigenvalue weighted by molar-refractivity contribution is 7.92. The van der Waals surface area contributed by atoms with Gasteiger partial charge >= 0.3 is 0 Å². The van der Waals surface area contributed by atoms with Crippen LogP contribution in [0, 0.1) is 6.92 Å². The van der Waals surface area contributed by atoms with Crippen molar-refractivity contribution in [2.24, 2.45) is 0 Å². The van der Waals surface area contributed by atoms with Crippen molar-refractivity contribution in [2.45, 2.75) is 76.4 Å². The Balaban J connectivity index is 1.66. The number of methoxy groups -OCH3 is 1. The Morgan fingerprint density at radius 3 is 2.11 bits per heavy atom. The molecule has 44 heavy (non-hydrogen) atoms. The number of sulfonamides is 1. The highest BCUT2D eigenvalue weighted by Crippen LogP contribution is 2.27. The van der Waals surface area contributed by atoms with E-state index in [0.29, 0.717) is 23.8 Å². The van der Waals surface area contributed by atoms with Gasteiger partial charge in [0.05, 0.1) is 24.3 Å². The molecule has 0 heterocycles. The van der Waals surface area contributed by atoms with Crippen molar-refractivity contribution >= 4 is 27.5 Å². The van der Waals surface area contributed by atoms with Crippen LogP contribution >= 0.6 is 0 Å². The van der Waals surface area contributed by atoms with Crippen molar-refractivity contribution in [1.82, 2.24) is 10.2 Å². The Hall–Kier alpha value is -4.05. The number of aryl methyl sites for hydroxylation is 1. The molecule has 1 unspecified atom stereocenters. The standard InChI is InChI=1S/C34H43N3O6S/c1-5-43-31-19-21-32(22-20-31)44(40,41)37(29-15-11-25(2)12-16-29)24-33(38)36(23-27-13-17-30(42-4)18-14-27)26(3)34(39)35-28-9-7-6-8-10-28/h11-22,26,28H,5-10,23-24H2,1-4H3,(H,35,39). The molecule has 1 fully saturated rings. The van der Waals surface area contributed by atoms with Crippen LogP contribution in [0.1, 0.15) is 57.1 Å². The Labute approximate surface area is 261 Å². The fraction of sp³-hybridized carbons (Fsp3) is 0.412. The van der Waals surface area contributed by atoms with E-state index in [-0.39, 0.29) is 23.4 Å². The SMILES string of the molecule is CCOc1ccc(S(=O)(=O)N(CC(=O)N(Cc2ccc(OC)cc2)C(C)C(=O)NC2CCCCC2)c2ccc(C)cc2)cc1. The molecule has 1 aliphatic carbocycles. The third-order valence-electron chi connectivity index (χ3n) is 7.95. The largest absolute Gasteiger partial charge is 0.497 e. The molecular weight excluding hydrogens is 578 g/mol. The monoisotopic (exact) mass is 621 g/mol. The maximum atomic E-state index is 14.2. The molecule has 0 bridgehead atoms. The lowest BCUT2D eigenvalue weighted by molar-refractivity contribution is -0.139. The lowest BCUT2D eigenvalue weighted by Crippen LogP contribution is -2.53. The average molecular weight is 622 g/mol. The summed E-state index contributed by atoms with van der Waals surface area (Å²) in [6.07, 6.45) is 5.09. The van der Waals surface area contributed by atoms with Crippen molar-refractivity contribution in [2.75, 3.05) is 24.6 Å². The summed E-state index contributed by atoms with van der Waals surface area (Å²) < 4.78 is 40.0. The van der Waals surface area contributed by atoms with Crippen LogP contribution in [0.3, 0.4) is 0 Å². The lowest BCUT2D eigenvalue weighted by atomic mass is 9.95. The summed E-state index contributed by atoms with van der Waals surface area (Å²) in [5.41, 5.74) is 2.09. The summed E-state index contributed by atoms with van der Waals surface area (Å²) in [6, 6.07) is 19.6. The Kier molecular flexibility index (Phi) is 11.3. The van der Waals surface area contributed by atoms with Gasteiger partial charge in [-0.15, -0.1) is 0 Å². The quantitative estimate of drug-likeness (QED) is 0.272. The van der Waals surface area contributed by atoms with Crippen LogP contribution in [0.2, 0.25) is 0 Å². The van der Waals surface area contributed by atoms with Crippen LogP contribution in [0.15, 0.2) is 77.7 Å². The van der Waals surface area contributed by atoms with Crippen molar-refractivity contribution < 1.29 is 27.5 Å². The number of carbonyl (C=O) groups is 2. The van der Waals surface area contributed by atoms with Gasteiger partial charge in [-0.3, -0.25) is 13.9 Å². The van der Waals surface area contributed by atoms with Gasteiger partial charge < -0.3 is 19.7 Å². The summed E-state index contributed by atoms with van der Waals surface area (Å²) >= 11 is 0. The van der Waals surface area contributed by atoms with Gasteiger partial charge in [0.15, 0.2) is 0 Å². The van der Waals surface area contributed by atoms with Crippen LogP contribution in [-0.4, -0.2) is 57.5 Å². The number of benzene rings is 3. The number of ether oxygens (including phenoxy) is 2. The van der Waals surface area contributed by atoms with Crippen molar-refractivity contribution in [3.8, 4) is 11.5 Å². The summed E-state index contributed by atoms with van der Waals surface area (Å²) in [5, 5.41) is 3.12. The third-order valence-corrected chi connectivity index (χ3v) is 9.74. The minimum absolute atomic E-state index is 0.0270. The molecule has 4 rings (SSSR count). The predicted molar refractivity (Wildman–Crippen MR) is 171 cm³/mol. The summed E-state index contributed by atoms with van der Waals surface area (Å²) in [4.78, 5) is 29.1. The van der Waals surface area contributed by atoms with Gasteiger partial charge in [0.1, 0.15) is 24.1 Å². The second-order valence-electron chi connectivity index (χ2n) is 11.1. The number of amides is 2. The Morgan fingerprint density at radius 1 is 0.909 bits per heavy atom. The van der Waals surface area contributed by atoms with Gasteiger partial charge in [0.2, 0.25) is 11.8 Å². The number of carbonyl (C=O) groups excluding carboxylic acids is 2. The van der Waals surface area contributed by atoms with Crippen LogP contribution < -0.4 is 19.1 Å². The summed E-state index contributed by atoms with van der Waals surface area (Å²) in [6.45, 7) is 5.53. The Bertz CT molecular complexity index is 1490.